The van der Waals surface area contributed by atoms with Crippen molar-refractivity contribution in [3.8, 4) is 0 Å². The largest absolute Gasteiger partial charge is 0.314 e. The Kier molecular flexibility index (Phi) is 5.03. The van der Waals surface area contributed by atoms with Gasteiger partial charge in [0.1, 0.15) is 5.69 Å². The molecule has 0 saturated carbocycles. The Balaban J connectivity index is 1.82. The molecule has 2 aromatic rings. The van der Waals surface area contributed by atoms with Crippen molar-refractivity contribution < 1.29 is 9.59 Å². The number of aryl methyl sites for hydroxylation is 1. The first-order valence-electron chi connectivity index (χ1n) is 8.68. The van der Waals surface area contributed by atoms with Gasteiger partial charge >= 0.3 is 0 Å². The Labute approximate surface area is 152 Å². The lowest BCUT2D eigenvalue weighted by molar-refractivity contribution is -0.117. The van der Waals surface area contributed by atoms with Gasteiger partial charge in [0.25, 0.3) is 5.91 Å². The van der Waals surface area contributed by atoms with Crippen LogP contribution in [-0.4, -0.2) is 53.0 Å². The van der Waals surface area contributed by atoms with Gasteiger partial charge in [0.15, 0.2) is 0 Å². The highest BCUT2D eigenvalue weighted by atomic mass is 16.2. The molecule has 1 aliphatic rings. The topological polar surface area (TPSA) is 83.4 Å². The van der Waals surface area contributed by atoms with Crippen molar-refractivity contribution in [2.24, 2.45) is 7.05 Å². The van der Waals surface area contributed by atoms with Crippen molar-refractivity contribution in [1.29, 1.82) is 0 Å². The number of hydrogen-bond acceptors (Lipinski definition) is 5. The van der Waals surface area contributed by atoms with Gasteiger partial charge in [-0.1, -0.05) is 25.1 Å². The third-order valence-corrected chi connectivity index (χ3v) is 4.57. The highest BCUT2D eigenvalue weighted by molar-refractivity contribution is 6.06. The molecule has 0 spiro atoms. The average molecular weight is 356 g/mol. The Hall–Kier alpha value is -2.74. The van der Waals surface area contributed by atoms with E-state index in [9.17, 15) is 9.59 Å². The molecular formula is C18H24N6O2. The van der Waals surface area contributed by atoms with Gasteiger partial charge < -0.3 is 15.1 Å². The molecule has 3 rings (SSSR count). The number of benzene rings is 1. The van der Waals surface area contributed by atoms with E-state index in [2.05, 4.69) is 15.6 Å². The van der Waals surface area contributed by atoms with E-state index in [1.807, 2.05) is 32.0 Å². The predicted octanol–water partition coefficient (Wildman–Crippen LogP) is 0.979. The fraction of sp³-hybridized carbons (Fsp3) is 0.444. The SMILES string of the molecule is CC(C)NCC(=O)N(C)c1ccc2c(c1)N(C(=O)c1cnnn1C)CC2. The Morgan fingerprint density at radius 1 is 1.35 bits per heavy atom. The van der Waals surface area contributed by atoms with Gasteiger partial charge in [-0.2, -0.15) is 0 Å². The first-order chi connectivity index (χ1) is 12.4. The number of rotatable bonds is 5. The average Bonchev–Trinajstić information content (AvgIpc) is 3.23. The van der Waals surface area contributed by atoms with Gasteiger partial charge in [0.2, 0.25) is 5.91 Å². The first kappa shape index (κ1) is 18.1. The van der Waals surface area contributed by atoms with Crippen molar-refractivity contribution in [2.75, 3.05) is 29.9 Å². The molecule has 8 nitrogen and oxygen atoms in total. The molecule has 1 aromatic heterocycles. The maximum atomic E-state index is 12.8. The summed E-state index contributed by atoms with van der Waals surface area (Å²) >= 11 is 0. The minimum atomic E-state index is -0.135. The summed E-state index contributed by atoms with van der Waals surface area (Å²) in [6, 6.07) is 6.05. The molecule has 1 aliphatic heterocycles. The van der Waals surface area contributed by atoms with E-state index >= 15 is 0 Å². The molecule has 0 atom stereocenters. The Bertz CT molecular complexity index is 829. The van der Waals surface area contributed by atoms with Gasteiger partial charge in [-0.25, -0.2) is 4.68 Å². The van der Waals surface area contributed by atoms with Crippen LogP contribution in [0.1, 0.15) is 29.9 Å². The maximum absolute atomic E-state index is 12.8. The quantitative estimate of drug-likeness (QED) is 0.863. The molecule has 0 unspecified atom stereocenters. The highest BCUT2D eigenvalue weighted by Crippen LogP contribution is 2.33. The monoisotopic (exact) mass is 356 g/mol. The molecule has 8 heteroatoms. The second-order valence-corrected chi connectivity index (χ2v) is 6.75. The number of amides is 2. The van der Waals surface area contributed by atoms with Crippen molar-refractivity contribution in [1.82, 2.24) is 20.3 Å². The molecule has 26 heavy (non-hydrogen) atoms. The van der Waals surface area contributed by atoms with Gasteiger partial charge in [0.05, 0.1) is 12.7 Å². The fourth-order valence-corrected chi connectivity index (χ4v) is 2.96. The van der Waals surface area contributed by atoms with Crippen molar-refractivity contribution in [3.05, 3.63) is 35.7 Å². The lowest BCUT2D eigenvalue weighted by atomic mass is 10.1. The zero-order valence-corrected chi connectivity index (χ0v) is 15.6. The standard InChI is InChI=1S/C18H24N6O2/c1-12(2)19-11-17(25)22(3)14-6-5-13-7-8-24(15(13)9-14)18(26)16-10-20-21-23(16)4/h5-6,9-10,12,19H,7-8,11H2,1-4H3. The normalized spacial score (nSPS) is 13.2. The molecule has 1 aromatic carbocycles. The van der Waals surface area contributed by atoms with Gasteiger partial charge in [-0.15, -0.1) is 5.10 Å². The number of aromatic nitrogens is 3. The summed E-state index contributed by atoms with van der Waals surface area (Å²) < 4.78 is 1.47. The number of nitrogens with one attached hydrogen (secondary N) is 1. The number of anilines is 2. The molecule has 0 radical (unpaired) electrons. The summed E-state index contributed by atoms with van der Waals surface area (Å²) in [6.07, 6.45) is 2.26. The van der Waals surface area contributed by atoms with E-state index in [1.54, 1.807) is 23.9 Å². The van der Waals surface area contributed by atoms with Gasteiger partial charge in [-0.05, 0) is 24.1 Å². The summed E-state index contributed by atoms with van der Waals surface area (Å²) in [6.45, 7) is 4.88. The van der Waals surface area contributed by atoms with Crippen LogP contribution in [0.5, 0.6) is 0 Å². The maximum Gasteiger partial charge on any atom is 0.278 e. The zero-order valence-electron chi connectivity index (χ0n) is 15.6. The third kappa shape index (κ3) is 3.45. The Morgan fingerprint density at radius 2 is 2.12 bits per heavy atom. The van der Waals surface area contributed by atoms with Gasteiger partial charge in [-0.3, -0.25) is 9.59 Å². The molecule has 2 heterocycles. The number of carbonyl (C=O) groups excluding carboxylic acids is 2. The third-order valence-electron chi connectivity index (χ3n) is 4.57. The van der Waals surface area contributed by atoms with E-state index in [-0.39, 0.29) is 24.4 Å². The first-order valence-corrected chi connectivity index (χ1v) is 8.68. The summed E-state index contributed by atoms with van der Waals surface area (Å²) in [4.78, 5) is 28.5. The molecular weight excluding hydrogens is 332 g/mol. The van der Waals surface area contributed by atoms with E-state index < -0.39 is 0 Å². The Morgan fingerprint density at radius 3 is 2.77 bits per heavy atom. The minimum absolute atomic E-state index is 0.0228. The number of nitrogens with zero attached hydrogens (tertiary/aromatic N) is 5. The van der Waals surface area contributed by atoms with Crippen LogP contribution in [0.25, 0.3) is 0 Å². The van der Waals surface area contributed by atoms with E-state index in [4.69, 9.17) is 0 Å². The van der Waals surface area contributed by atoms with Crippen LogP contribution in [0, 0.1) is 0 Å². The summed E-state index contributed by atoms with van der Waals surface area (Å²) in [7, 11) is 3.44. The molecule has 0 fully saturated rings. The molecule has 2 amide bonds. The fourth-order valence-electron chi connectivity index (χ4n) is 2.96. The second kappa shape index (κ2) is 7.25. The number of likely N-dealkylation sites (N-methyl/N-ethyl adjacent to an activating group) is 1. The van der Waals surface area contributed by atoms with Gasteiger partial charge in [0, 0.05) is 38.1 Å². The van der Waals surface area contributed by atoms with Crippen LogP contribution in [-0.2, 0) is 18.3 Å². The van der Waals surface area contributed by atoms with E-state index in [0.29, 0.717) is 12.2 Å². The lowest BCUT2D eigenvalue weighted by Crippen LogP contribution is -2.38. The predicted molar refractivity (Wildman–Crippen MR) is 99.4 cm³/mol. The molecule has 0 aliphatic carbocycles. The van der Waals surface area contributed by atoms with Crippen LogP contribution < -0.4 is 15.1 Å². The number of fused-ring (bicyclic) bond motifs is 1. The van der Waals surface area contributed by atoms with Crippen molar-refractivity contribution >= 4 is 23.2 Å². The van der Waals surface area contributed by atoms with Crippen LogP contribution in [0.3, 0.4) is 0 Å². The zero-order chi connectivity index (χ0) is 18.8. The minimum Gasteiger partial charge on any atom is -0.314 e. The highest BCUT2D eigenvalue weighted by Gasteiger charge is 2.28. The van der Waals surface area contributed by atoms with E-state index in [0.717, 1.165) is 23.4 Å². The van der Waals surface area contributed by atoms with Crippen LogP contribution in [0.15, 0.2) is 24.4 Å². The second-order valence-electron chi connectivity index (χ2n) is 6.75. The van der Waals surface area contributed by atoms with Crippen LogP contribution in [0.2, 0.25) is 0 Å². The number of hydrogen-bond donors (Lipinski definition) is 1. The molecule has 1 N–H and O–H groups in total. The molecule has 138 valence electrons. The van der Waals surface area contributed by atoms with Crippen molar-refractivity contribution in [3.63, 3.8) is 0 Å². The summed E-state index contributed by atoms with van der Waals surface area (Å²) in [5.74, 6) is -0.158. The lowest BCUT2D eigenvalue weighted by Gasteiger charge is -2.22. The summed E-state index contributed by atoms with van der Waals surface area (Å²) in [5, 5.41) is 10.7. The van der Waals surface area contributed by atoms with E-state index in [1.165, 1.54) is 10.9 Å². The molecule has 0 bridgehead atoms. The van der Waals surface area contributed by atoms with Crippen LogP contribution >= 0.6 is 0 Å². The van der Waals surface area contributed by atoms with Crippen LogP contribution in [0.4, 0.5) is 11.4 Å². The molecule has 0 saturated heterocycles. The summed E-state index contributed by atoms with van der Waals surface area (Å²) in [5.41, 5.74) is 3.14. The number of carbonyl (C=O) groups is 2. The smallest absolute Gasteiger partial charge is 0.278 e. The van der Waals surface area contributed by atoms with Crippen molar-refractivity contribution in [2.45, 2.75) is 26.3 Å².